The molecule has 0 radical (unpaired) electrons. The maximum Gasteiger partial charge on any atom is 0.307 e. The van der Waals surface area contributed by atoms with Crippen molar-refractivity contribution in [2.24, 2.45) is 11.8 Å². The van der Waals surface area contributed by atoms with Gasteiger partial charge in [0, 0.05) is 13.6 Å². The third-order valence-electron chi connectivity index (χ3n) is 3.83. The molecule has 2 amide bonds. The number of carbonyl (C=O) groups excluding carboxylic acids is 2. The fourth-order valence-electron chi connectivity index (χ4n) is 2.61. The number of allylic oxidation sites excluding steroid dienone is 2. The highest BCUT2D eigenvalue weighted by molar-refractivity contribution is 5.91. The largest absolute Gasteiger partial charge is 0.481 e. The zero-order valence-corrected chi connectivity index (χ0v) is 10.8. The van der Waals surface area contributed by atoms with Crippen molar-refractivity contribution >= 4 is 17.8 Å². The highest BCUT2D eigenvalue weighted by atomic mass is 16.4. The van der Waals surface area contributed by atoms with Crippen molar-refractivity contribution in [1.82, 2.24) is 10.2 Å². The number of likely N-dealkylation sites (N-methyl/N-ethyl adjacent to an activating group) is 1. The fourth-order valence-corrected chi connectivity index (χ4v) is 2.61. The molecule has 6 heteroatoms. The lowest BCUT2D eigenvalue weighted by Crippen LogP contribution is -2.46. The summed E-state index contributed by atoms with van der Waals surface area (Å²) < 4.78 is 0. The van der Waals surface area contributed by atoms with Gasteiger partial charge in [-0.3, -0.25) is 14.4 Å². The first-order valence-electron chi connectivity index (χ1n) is 6.44. The lowest BCUT2D eigenvalue weighted by molar-refractivity contribution is -0.147. The molecule has 1 aliphatic carbocycles. The van der Waals surface area contributed by atoms with Gasteiger partial charge in [0.15, 0.2) is 0 Å². The molecule has 1 heterocycles. The molecular formula is C13H18N2O4. The van der Waals surface area contributed by atoms with Gasteiger partial charge in [-0.1, -0.05) is 12.2 Å². The number of amides is 2. The number of hydrogen-bond donors (Lipinski definition) is 2. The molecule has 2 rings (SSSR count). The molecule has 0 bridgehead atoms. The molecule has 19 heavy (non-hydrogen) atoms. The number of likely N-dealkylation sites (tertiary alicyclic amines) is 1. The summed E-state index contributed by atoms with van der Waals surface area (Å²) in [7, 11) is 1.69. The molecule has 0 spiro atoms. The van der Waals surface area contributed by atoms with Crippen molar-refractivity contribution in [2.45, 2.75) is 25.3 Å². The minimum absolute atomic E-state index is 0.105. The van der Waals surface area contributed by atoms with Gasteiger partial charge in [-0.15, -0.1) is 0 Å². The number of hydrogen-bond acceptors (Lipinski definition) is 3. The molecule has 0 aromatic heterocycles. The van der Waals surface area contributed by atoms with E-state index < -0.39 is 23.8 Å². The van der Waals surface area contributed by atoms with Crippen molar-refractivity contribution in [3.8, 4) is 0 Å². The van der Waals surface area contributed by atoms with Crippen molar-refractivity contribution in [3.05, 3.63) is 12.2 Å². The predicted octanol–water partition coefficient (Wildman–Crippen LogP) is 0.000300. The monoisotopic (exact) mass is 266 g/mol. The van der Waals surface area contributed by atoms with Crippen LogP contribution in [0, 0.1) is 11.8 Å². The SMILES string of the molecule is CN1CCC(NC(=O)[C@@H]2CC=CC[C@@H]2C(=O)O)C1=O. The Morgan fingerprint density at radius 3 is 2.47 bits per heavy atom. The molecular weight excluding hydrogens is 248 g/mol. The summed E-state index contributed by atoms with van der Waals surface area (Å²) in [6.07, 6.45) is 4.98. The van der Waals surface area contributed by atoms with Crippen molar-refractivity contribution in [3.63, 3.8) is 0 Å². The van der Waals surface area contributed by atoms with Gasteiger partial charge in [-0.05, 0) is 19.3 Å². The van der Waals surface area contributed by atoms with Crippen molar-refractivity contribution in [2.75, 3.05) is 13.6 Å². The van der Waals surface area contributed by atoms with E-state index in [-0.39, 0.29) is 11.8 Å². The van der Waals surface area contributed by atoms with E-state index in [9.17, 15) is 14.4 Å². The van der Waals surface area contributed by atoms with Crippen LogP contribution in [0.15, 0.2) is 12.2 Å². The molecule has 2 N–H and O–H groups in total. The van der Waals surface area contributed by atoms with Crippen molar-refractivity contribution < 1.29 is 19.5 Å². The summed E-state index contributed by atoms with van der Waals surface area (Å²) in [6.45, 7) is 0.622. The van der Waals surface area contributed by atoms with E-state index in [1.54, 1.807) is 18.0 Å². The average Bonchev–Trinajstić information content (AvgIpc) is 2.70. The van der Waals surface area contributed by atoms with E-state index in [1.807, 2.05) is 6.08 Å². The summed E-state index contributed by atoms with van der Waals surface area (Å²) in [5.74, 6) is -2.67. The molecule has 1 fully saturated rings. The standard InChI is InChI=1S/C13H18N2O4/c1-15-7-6-10(12(15)17)14-11(16)8-4-2-3-5-9(8)13(18)19/h2-3,8-10H,4-7H2,1H3,(H,14,16)(H,18,19)/t8-,9+,10?/m1/s1. The van der Waals surface area contributed by atoms with E-state index >= 15 is 0 Å². The molecule has 6 nitrogen and oxygen atoms in total. The molecule has 104 valence electrons. The highest BCUT2D eigenvalue weighted by Crippen LogP contribution is 2.26. The van der Waals surface area contributed by atoms with Crippen LogP contribution in [0.25, 0.3) is 0 Å². The maximum absolute atomic E-state index is 12.1. The number of rotatable bonds is 3. The van der Waals surface area contributed by atoms with Crippen LogP contribution in [-0.2, 0) is 14.4 Å². The Hall–Kier alpha value is -1.85. The summed E-state index contributed by atoms with van der Waals surface area (Å²) >= 11 is 0. The minimum Gasteiger partial charge on any atom is -0.481 e. The van der Waals surface area contributed by atoms with Gasteiger partial charge >= 0.3 is 5.97 Å². The smallest absolute Gasteiger partial charge is 0.307 e. The first kappa shape index (κ1) is 13.6. The first-order chi connectivity index (χ1) is 9.00. The average molecular weight is 266 g/mol. The van der Waals surface area contributed by atoms with E-state index in [0.29, 0.717) is 25.8 Å². The summed E-state index contributed by atoms with van der Waals surface area (Å²) in [5.41, 5.74) is 0. The minimum atomic E-state index is -0.959. The molecule has 3 atom stereocenters. The third kappa shape index (κ3) is 2.77. The Morgan fingerprint density at radius 1 is 1.32 bits per heavy atom. The zero-order chi connectivity index (χ0) is 14.0. The quantitative estimate of drug-likeness (QED) is 0.704. The zero-order valence-electron chi connectivity index (χ0n) is 10.8. The van der Waals surface area contributed by atoms with Gasteiger partial charge in [0.25, 0.3) is 0 Å². The fraction of sp³-hybridized carbons (Fsp3) is 0.615. The Balaban J connectivity index is 2.01. The second-order valence-electron chi connectivity index (χ2n) is 5.10. The normalized spacial score (nSPS) is 30.5. The lowest BCUT2D eigenvalue weighted by Gasteiger charge is -2.25. The lowest BCUT2D eigenvalue weighted by atomic mass is 9.82. The molecule has 2 aliphatic rings. The first-order valence-corrected chi connectivity index (χ1v) is 6.44. The number of nitrogens with one attached hydrogen (secondary N) is 1. The molecule has 1 unspecified atom stereocenters. The van der Waals surface area contributed by atoms with Gasteiger partial charge in [-0.25, -0.2) is 0 Å². The van der Waals surface area contributed by atoms with Crippen LogP contribution in [0.3, 0.4) is 0 Å². The van der Waals surface area contributed by atoms with Gasteiger partial charge in [0.1, 0.15) is 6.04 Å². The number of carbonyl (C=O) groups is 3. The van der Waals surface area contributed by atoms with Crippen LogP contribution in [-0.4, -0.2) is 47.4 Å². The highest BCUT2D eigenvalue weighted by Gasteiger charge is 2.37. The Kier molecular flexibility index (Phi) is 3.87. The van der Waals surface area contributed by atoms with Crippen LogP contribution in [0.2, 0.25) is 0 Å². The Bertz CT molecular complexity index is 432. The summed E-state index contributed by atoms with van der Waals surface area (Å²) in [4.78, 5) is 36.6. The van der Waals surface area contributed by atoms with Crippen LogP contribution in [0.5, 0.6) is 0 Å². The van der Waals surface area contributed by atoms with E-state index in [1.165, 1.54) is 0 Å². The Labute approximate surface area is 111 Å². The van der Waals surface area contributed by atoms with Gasteiger partial charge in [0.2, 0.25) is 11.8 Å². The van der Waals surface area contributed by atoms with Crippen molar-refractivity contribution in [1.29, 1.82) is 0 Å². The number of aliphatic carboxylic acids is 1. The third-order valence-corrected chi connectivity index (χ3v) is 3.83. The van der Waals surface area contributed by atoms with Gasteiger partial charge in [0.05, 0.1) is 11.8 Å². The maximum atomic E-state index is 12.1. The molecule has 1 aliphatic heterocycles. The van der Waals surface area contributed by atoms with Crippen LogP contribution >= 0.6 is 0 Å². The van der Waals surface area contributed by atoms with E-state index in [0.717, 1.165) is 0 Å². The van der Waals surface area contributed by atoms with Gasteiger partial charge < -0.3 is 15.3 Å². The molecule has 0 aromatic rings. The van der Waals surface area contributed by atoms with Crippen LogP contribution in [0.1, 0.15) is 19.3 Å². The van der Waals surface area contributed by atoms with Crippen LogP contribution < -0.4 is 5.32 Å². The molecule has 0 saturated carbocycles. The van der Waals surface area contributed by atoms with Crippen LogP contribution in [0.4, 0.5) is 0 Å². The molecule has 0 aromatic carbocycles. The summed E-state index contributed by atoms with van der Waals surface area (Å²) in [6, 6.07) is -0.502. The number of nitrogens with zero attached hydrogens (tertiary/aromatic N) is 1. The summed E-state index contributed by atoms with van der Waals surface area (Å²) in [5, 5.41) is 11.8. The topological polar surface area (TPSA) is 86.7 Å². The molecule has 1 saturated heterocycles. The Morgan fingerprint density at radius 2 is 1.95 bits per heavy atom. The second kappa shape index (κ2) is 5.42. The van der Waals surface area contributed by atoms with E-state index in [2.05, 4.69) is 5.32 Å². The number of carboxylic acid groups (broad SMARTS) is 1. The van der Waals surface area contributed by atoms with E-state index in [4.69, 9.17) is 5.11 Å². The number of carboxylic acids is 1. The second-order valence-corrected chi connectivity index (χ2v) is 5.10. The predicted molar refractivity (Wildman–Crippen MR) is 67.2 cm³/mol. The van der Waals surface area contributed by atoms with Gasteiger partial charge in [-0.2, -0.15) is 0 Å².